The summed E-state index contributed by atoms with van der Waals surface area (Å²) in [6.45, 7) is -0.337. The number of carbonyl (C=O) groups excluding carboxylic acids is 1. The van der Waals surface area contributed by atoms with Crippen LogP contribution in [0.15, 0.2) is 0 Å². The van der Waals surface area contributed by atoms with Crippen molar-refractivity contribution < 1.29 is 39.5 Å². The third kappa shape index (κ3) is 7.76. The van der Waals surface area contributed by atoms with Crippen LogP contribution in [0.2, 0.25) is 0 Å². The molecule has 0 bridgehead atoms. The Bertz CT molecular complexity index is 131. The topological polar surface area (TPSA) is 67.2 Å². The molecule has 0 fully saturated rings. The molecule has 0 rings (SSSR count). The van der Waals surface area contributed by atoms with Gasteiger partial charge < -0.3 is 14.8 Å². The number of hydrogen-bond acceptors (Lipinski definition) is 4. The van der Waals surface area contributed by atoms with Crippen LogP contribution in [0.4, 0.5) is 0 Å². The van der Waals surface area contributed by atoms with Crippen molar-refractivity contribution in [2.75, 3.05) is 13.6 Å². The molecule has 0 saturated carbocycles. The predicted molar refractivity (Wildman–Crippen MR) is 23.2 cm³/mol. The van der Waals surface area contributed by atoms with Gasteiger partial charge in [0.15, 0.2) is 6.19 Å². The van der Waals surface area contributed by atoms with Crippen molar-refractivity contribution >= 4 is 5.97 Å². The number of likely N-dealkylation sites (N-methyl/N-ethyl adjacent to an activating group) is 1. The molecule has 5 heteroatoms. The van der Waals surface area contributed by atoms with Crippen molar-refractivity contribution in [1.82, 2.24) is 4.90 Å². The van der Waals surface area contributed by atoms with Gasteiger partial charge >= 0.3 is 29.6 Å². The van der Waals surface area contributed by atoms with Gasteiger partial charge in [0, 0.05) is 7.05 Å². The fourth-order valence-electron chi connectivity index (χ4n) is 0.229. The van der Waals surface area contributed by atoms with Crippen LogP contribution in [-0.2, 0) is 4.79 Å². The van der Waals surface area contributed by atoms with Gasteiger partial charge in [-0.2, -0.15) is 5.26 Å². The van der Waals surface area contributed by atoms with Crippen LogP contribution >= 0.6 is 0 Å². The minimum atomic E-state index is -1.24. The van der Waals surface area contributed by atoms with Gasteiger partial charge in [-0.1, -0.05) is 0 Å². The van der Waals surface area contributed by atoms with Gasteiger partial charge in [0.1, 0.15) is 0 Å². The molecule has 0 aromatic carbocycles. The molecule has 0 radical (unpaired) electrons. The number of carboxylic acid groups (broad SMARTS) is 1. The van der Waals surface area contributed by atoms with Gasteiger partial charge in [-0.3, -0.25) is 0 Å². The predicted octanol–water partition coefficient (Wildman–Crippen LogP) is -4.85. The molecule has 0 heterocycles. The Hall–Kier alpha value is -0.240. The van der Waals surface area contributed by atoms with Crippen LogP contribution in [0.5, 0.6) is 0 Å². The summed E-state index contributed by atoms with van der Waals surface area (Å²) in [6, 6.07) is 0. The molecule has 0 atom stereocenters. The Morgan fingerprint density at radius 2 is 2.33 bits per heavy atom. The van der Waals surface area contributed by atoms with Crippen molar-refractivity contribution in [2.45, 2.75) is 0 Å². The van der Waals surface area contributed by atoms with E-state index in [2.05, 4.69) is 0 Å². The van der Waals surface area contributed by atoms with E-state index in [4.69, 9.17) is 5.26 Å². The summed E-state index contributed by atoms with van der Waals surface area (Å²) in [6.07, 6.45) is 1.61. The molecule has 0 aliphatic heterocycles. The molecule has 0 aliphatic rings. The van der Waals surface area contributed by atoms with E-state index in [1.54, 1.807) is 6.19 Å². The standard InChI is InChI=1S/C4H6N2O2.Na/c1-6(3-5)2-4(7)8;/h2H2,1H3,(H,7,8);/q;+1/p-1. The molecule has 0 aliphatic carbocycles. The second kappa shape index (κ2) is 5.89. The summed E-state index contributed by atoms with van der Waals surface area (Å²) in [5.41, 5.74) is 0. The maximum atomic E-state index is 9.66. The zero-order valence-corrected chi connectivity index (χ0v) is 7.42. The quantitative estimate of drug-likeness (QED) is 0.217. The first kappa shape index (κ1) is 11.5. The minimum Gasteiger partial charge on any atom is -0.548 e. The molecule has 0 N–H and O–H groups in total. The van der Waals surface area contributed by atoms with Gasteiger partial charge in [-0.05, 0) is 0 Å². The second-order valence-corrected chi connectivity index (χ2v) is 1.33. The third-order valence-electron chi connectivity index (χ3n) is 0.537. The summed E-state index contributed by atoms with van der Waals surface area (Å²) in [4.78, 5) is 10.6. The van der Waals surface area contributed by atoms with Gasteiger partial charge in [0.25, 0.3) is 0 Å². The van der Waals surface area contributed by atoms with Crippen LogP contribution < -0.4 is 34.7 Å². The smallest absolute Gasteiger partial charge is 0.548 e. The maximum absolute atomic E-state index is 9.66. The SMILES string of the molecule is CN(C#N)CC(=O)[O-].[Na+]. The van der Waals surface area contributed by atoms with E-state index in [1.165, 1.54) is 7.05 Å². The normalized spacial score (nSPS) is 6.67. The average Bonchev–Trinajstić information content (AvgIpc) is 1.65. The number of rotatable bonds is 2. The van der Waals surface area contributed by atoms with Crippen LogP contribution in [0, 0.1) is 11.5 Å². The summed E-state index contributed by atoms with van der Waals surface area (Å²) in [7, 11) is 1.37. The fourth-order valence-corrected chi connectivity index (χ4v) is 0.229. The fraction of sp³-hybridized carbons (Fsp3) is 0.500. The Labute approximate surface area is 75.4 Å². The zero-order chi connectivity index (χ0) is 6.57. The van der Waals surface area contributed by atoms with Crippen LogP contribution in [0.3, 0.4) is 0 Å². The van der Waals surface area contributed by atoms with E-state index < -0.39 is 5.97 Å². The molecule has 44 valence electrons. The van der Waals surface area contributed by atoms with Crippen molar-refractivity contribution in [3.8, 4) is 6.19 Å². The maximum Gasteiger partial charge on any atom is 1.00 e. The van der Waals surface area contributed by atoms with E-state index in [-0.39, 0.29) is 36.1 Å². The number of aliphatic carboxylic acids is 1. The number of carbonyl (C=O) groups is 1. The molecular formula is C4H5N2NaO2. The number of hydrogen-bond donors (Lipinski definition) is 0. The molecule has 4 nitrogen and oxygen atoms in total. The molecular weight excluding hydrogens is 131 g/mol. The Morgan fingerprint density at radius 1 is 1.89 bits per heavy atom. The first-order valence-corrected chi connectivity index (χ1v) is 1.97. The van der Waals surface area contributed by atoms with Gasteiger partial charge in [0.2, 0.25) is 0 Å². The number of carboxylic acids is 1. The van der Waals surface area contributed by atoms with Crippen LogP contribution in [0.1, 0.15) is 0 Å². The summed E-state index contributed by atoms with van der Waals surface area (Å²) < 4.78 is 0. The van der Waals surface area contributed by atoms with Gasteiger partial charge in [0.05, 0.1) is 12.5 Å². The first-order valence-electron chi connectivity index (χ1n) is 1.97. The number of nitrogens with zero attached hydrogens (tertiary/aromatic N) is 2. The van der Waals surface area contributed by atoms with Crippen molar-refractivity contribution in [3.63, 3.8) is 0 Å². The molecule has 0 aromatic heterocycles. The van der Waals surface area contributed by atoms with E-state index in [0.717, 1.165) is 4.90 Å². The van der Waals surface area contributed by atoms with Crippen LogP contribution in [0.25, 0.3) is 0 Å². The number of nitriles is 1. The molecule has 0 aromatic rings. The molecule has 0 saturated heterocycles. The average molecular weight is 136 g/mol. The Kier molecular flexibility index (Phi) is 7.55. The van der Waals surface area contributed by atoms with E-state index >= 15 is 0 Å². The summed E-state index contributed by atoms with van der Waals surface area (Å²) in [5, 5.41) is 17.6. The second-order valence-electron chi connectivity index (χ2n) is 1.33. The first-order chi connectivity index (χ1) is 3.66. The summed E-state index contributed by atoms with van der Waals surface area (Å²) >= 11 is 0. The third-order valence-corrected chi connectivity index (χ3v) is 0.537. The van der Waals surface area contributed by atoms with Crippen molar-refractivity contribution in [3.05, 3.63) is 0 Å². The summed E-state index contributed by atoms with van der Waals surface area (Å²) in [5.74, 6) is -1.24. The van der Waals surface area contributed by atoms with Gasteiger partial charge in [-0.25, -0.2) is 0 Å². The van der Waals surface area contributed by atoms with E-state index in [0.29, 0.717) is 0 Å². The van der Waals surface area contributed by atoms with Gasteiger partial charge in [-0.15, -0.1) is 0 Å². The minimum absolute atomic E-state index is 0. The van der Waals surface area contributed by atoms with E-state index in [1.807, 2.05) is 0 Å². The van der Waals surface area contributed by atoms with E-state index in [9.17, 15) is 9.90 Å². The molecule has 0 unspecified atom stereocenters. The Morgan fingerprint density at radius 3 is 2.44 bits per heavy atom. The monoisotopic (exact) mass is 136 g/mol. The molecule has 9 heavy (non-hydrogen) atoms. The molecule has 0 amide bonds. The molecule has 0 spiro atoms. The zero-order valence-electron chi connectivity index (χ0n) is 5.42. The Balaban J connectivity index is 0. The van der Waals surface area contributed by atoms with Crippen molar-refractivity contribution in [1.29, 1.82) is 5.26 Å². The van der Waals surface area contributed by atoms with Crippen molar-refractivity contribution in [2.24, 2.45) is 0 Å². The largest absolute Gasteiger partial charge is 1.00 e. The van der Waals surface area contributed by atoms with Crippen LogP contribution in [-0.4, -0.2) is 24.5 Å².